The van der Waals surface area contributed by atoms with E-state index in [2.05, 4.69) is 0 Å². The number of methoxy groups -OCH3 is 2. The van der Waals surface area contributed by atoms with Crippen molar-refractivity contribution in [2.45, 2.75) is 30.7 Å². The fourth-order valence-electron chi connectivity index (χ4n) is 5.87. The molecule has 58 heavy (non-hydrogen) atoms. The fourth-order valence-corrected chi connectivity index (χ4v) is 5.87. The van der Waals surface area contributed by atoms with Crippen molar-refractivity contribution < 1.29 is 78.2 Å². The Hall–Kier alpha value is -7.21. The molecule has 1 saturated heterocycles. The van der Waals surface area contributed by atoms with Crippen LogP contribution in [0.15, 0.2) is 94.2 Å². The number of rotatable bonds is 12. The SMILES string of the molecule is COc1cc(/C=C/C(=O)OC[C@H]2O[C@@H](Oc3c(-c4ccc(O)c(OC)c4)oc4cc(O)cc(O)c4c3=O)[C@H](O)[C@@H](OC(=O)/C=C/c3ccc(O)cc3)[C@@H]2O)ccc1O. The number of aliphatic hydroxyl groups excluding tert-OH is 2. The molecule has 0 radical (unpaired) electrons. The van der Waals surface area contributed by atoms with E-state index in [1.54, 1.807) is 0 Å². The van der Waals surface area contributed by atoms with Crippen LogP contribution in [0.5, 0.6) is 46.0 Å². The summed E-state index contributed by atoms with van der Waals surface area (Å²) >= 11 is 0. The summed E-state index contributed by atoms with van der Waals surface area (Å²) in [4.78, 5) is 39.9. The minimum Gasteiger partial charge on any atom is -0.508 e. The van der Waals surface area contributed by atoms with Crippen molar-refractivity contribution in [2.75, 3.05) is 20.8 Å². The summed E-state index contributed by atoms with van der Waals surface area (Å²) in [7, 11) is 2.62. The van der Waals surface area contributed by atoms with Crippen LogP contribution in [-0.4, -0.2) is 99.2 Å². The number of hydrogen-bond donors (Lipinski definition) is 7. The quantitative estimate of drug-likeness (QED) is 0.0701. The van der Waals surface area contributed by atoms with Gasteiger partial charge in [-0.3, -0.25) is 4.79 Å². The van der Waals surface area contributed by atoms with Gasteiger partial charge in [0.1, 0.15) is 47.0 Å². The van der Waals surface area contributed by atoms with E-state index < -0.39 is 77.3 Å². The van der Waals surface area contributed by atoms with E-state index in [1.165, 1.54) is 87.0 Å². The van der Waals surface area contributed by atoms with Crippen LogP contribution < -0.4 is 19.6 Å². The molecular formula is C41H36O17. The van der Waals surface area contributed by atoms with Gasteiger partial charge in [-0.15, -0.1) is 0 Å². The van der Waals surface area contributed by atoms with E-state index in [0.29, 0.717) is 11.1 Å². The topological polar surface area (TPSA) is 261 Å². The maximum atomic E-state index is 14.1. The van der Waals surface area contributed by atoms with E-state index >= 15 is 0 Å². The molecular weight excluding hydrogens is 764 g/mol. The Morgan fingerprint density at radius 1 is 0.724 bits per heavy atom. The Kier molecular flexibility index (Phi) is 12.1. The summed E-state index contributed by atoms with van der Waals surface area (Å²) in [6, 6.07) is 15.9. The molecule has 4 aromatic carbocycles. The first-order chi connectivity index (χ1) is 27.8. The lowest BCUT2D eigenvalue weighted by atomic mass is 9.98. The second-order valence-electron chi connectivity index (χ2n) is 12.7. The zero-order valence-corrected chi connectivity index (χ0v) is 30.5. The van der Waals surface area contributed by atoms with Gasteiger partial charge < -0.3 is 68.6 Å². The molecule has 0 saturated carbocycles. The monoisotopic (exact) mass is 800 g/mol. The van der Waals surface area contributed by atoms with Crippen LogP contribution in [0.3, 0.4) is 0 Å². The molecule has 5 aromatic rings. The molecule has 17 nitrogen and oxygen atoms in total. The van der Waals surface area contributed by atoms with Gasteiger partial charge in [-0.25, -0.2) is 9.59 Å². The maximum absolute atomic E-state index is 14.1. The summed E-state index contributed by atoms with van der Waals surface area (Å²) < 4.78 is 38.8. The number of carbonyl (C=O) groups excluding carboxylic acids is 2. The number of benzene rings is 4. The second kappa shape index (κ2) is 17.3. The molecule has 6 rings (SSSR count). The summed E-state index contributed by atoms with van der Waals surface area (Å²) in [5.41, 5.74) is -0.282. The van der Waals surface area contributed by atoms with Crippen molar-refractivity contribution in [3.05, 3.63) is 106 Å². The van der Waals surface area contributed by atoms with Gasteiger partial charge in [0.05, 0.1) is 14.2 Å². The van der Waals surface area contributed by atoms with Crippen LogP contribution >= 0.6 is 0 Å². The molecule has 1 fully saturated rings. The number of esters is 2. The number of aromatic hydroxyl groups is 5. The molecule has 1 aliphatic heterocycles. The third-order valence-electron chi connectivity index (χ3n) is 8.80. The predicted molar refractivity (Wildman–Crippen MR) is 202 cm³/mol. The second-order valence-corrected chi connectivity index (χ2v) is 12.7. The first kappa shape index (κ1) is 40.5. The van der Waals surface area contributed by atoms with Crippen molar-refractivity contribution in [1.82, 2.24) is 0 Å². The molecule has 5 atom stereocenters. The molecule has 2 heterocycles. The van der Waals surface area contributed by atoms with Gasteiger partial charge in [0.2, 0.25) is 17.5 Å². The van der Waals surface area contributed by atoms with E-state index in [9.17, 15) is 50.1 Å². The molecule has 0 amide bonds. The average Bonchev–Trinajstić information content (AvgIpc) is 3.20. The van der Waals surface area contributed by atoms with Gasteiger partial charge in [-0.2, -0.15) is 0 Å². The minimum atomic E-state index is -2.04. The molecule has 302 valence electrons. The van der Waals surface area contributed by atoms with E-state index in [4.69, 9.17) is 32.8 Å². The molecule has 7 N–H and O–H groups in total. The molecule has 0 spiro atoms. The molecule has 17 heteroatoms. The van der Waals surface area contributed by atoms with Crippen molar-refractivity contribution in [1.29, 1.82) is 0 Å². The summed E-state index contributed by atoms with van der Waals surface area (Å²) in [6.45, 7) is -0.707. The fraction of sp³-hybridized carbons (Fsp3) is 0.195. The van der Waals surface area contributed by atoms with Crippen LogP contribution in [0.25, 0.3) is 34.4 Å². The maximum Gasteiger partial charge on any atom is 0.331 e. The summed E-state index contributed by atoms with van der Waals surface area (Å²) in [6.07, 6.45) is -4.56. The smallest absolute Gasteiger partial charge is 0.331 e. The number of ether oxygens (including phenoxy) is 6. The highest BCUT2D eigenvalue weighted by Gasteiger charge is 2.49. The number of aliphatic hydroxyl groups is 2. The minimum absolute atomic E-state index is 0.0106. The Morgan fingerprint density at radius 3 is 2.07 bits per heavy atom. The van der Waals surface area contributed by atoms with Crippen molar-refractivity contribution in [3.8, 4) is 57.3 Å². The number of phenols is 5. The zero-order valence-electron chi connectivity index (χ0n) is 30.5. The summed E-state index contributed by atoms with van der Waals surface area (Å²) in [5, 5.41) is 72.8. The highest BCUT2D eigenvalue weighted by atomic mass is 16.7. The normalized spacial score (nSPS) is 19.3. The average molecular weight is 801 g/mol. The lowest BCUT2D eigenvalue weighted by Gasteiger charge is -2.41. The lowest BCUT2D eigenvalue weighted by Crippen LogP contribution is -2.61. The number of phenolic OH excluding ortho intramolecular Hbond substituents is 5. The predicted octanol–water partition coefficient (Wildman–Crippen LogP) is 3.71. The molecule has 0 unspecified atom stereocenters. The van der Waals surface area contributed by atoms with Gasteiger partial charge >= 0.3 is 11.9 Å². The Morgan fingerprint density at radius 2 is 1.36 bits per heavy atom. The van der Waals surface area contributed by atoms with E-state index in [0.717, 1.165) is 24.3 Å². The largest absolute Gasteiger partial charge is 0.508 e. The lowest BCUT2D eigenvalue weighted by molar-refractivity contribution is -0.281. The van der Waals surface area contributed by atoms with Crippen molar-refractivity contribution in [3.63, 3.8) is 0 Å². The standard InChI is InChI=1S/C41H36O17/c1-52-28-15-21(5-11-25(28)44)7-13-32(47)54-19-31-35(49)39(57-33(48)14-6-20-3-9-23(42)10-4-20)37(51)41(56-31)58-40-36(50)34-27(46)17-24(43)18-30(34)55-38(40)22-8-12-26(45)29(16-22)53-2/h3-18,31,35,37,39,41-46,49,51H,19H2,1-2H3/b13-7+,14-6+/t31-,35-,37-,39+,41+/m1/s1. The number of hydrogen-bond acceptors (Lipinski definition) is 17. The van der Waals surface area contributed by atoms with Gasteiger partial charge in [-0.1, -0.05) is 18.2 Å². The molecule has 0 bridgehead atoms. The third-order valence-corrected chi connectivity index (χ3v) is 8.80. The number of fused-ring (bicyclic) bond motifs is 1. The molecule has 0 aliphatic carbocycles. The van der Waals surface area contributed by atoms with Crippen LogP contribution in [0.4, 0.5) is 0 Å². The van der Waals surface area contributed by atoms with Crippen LogP contribution in [-0.2, 0) is 23.8 Å². The Balaban J connectivity index is 1.34. The van der Waals surface area contributed by atoms with Gasteiger partial charge in [-0.05, 0) is 65.7 Å². The Bertz CT molecular complexity index is 2430. The highest BCUT2D eigenvalue weighted by molar-refractivity contribution is 5.89. The van der Waals surface area contributed by atoms with Crippen molar-refractivity contribution in [2.24, 2.45) is 0 Å². The van der Waals surface area contributed by atoms with Crippen LogP contribution in [0.1, 0.15) is 11.1 Å². The van der Waals surface area contributed by atoms with Gasteiger partial charge in [0, 0.05) is 29.8 Å². The number of carbonyl (C=O) groups is 2. The summed E-state index contributed by atoms with van der Waals surface area (Å²) in [5.74, 6) is -4.45. The van der Waals surface area contributed by atoms with Crippen LogP contribution in [0, 0.1) is 0 Å². The van der Waals surface area contributed by atoms with Gasteiger partial charge in [0.15, 0.2) is 41.0 Å². The van der Waals surface area contributed by atoms with Crippen molar-refractivity contribution >= 4 is 35.1 Å². The molecule has 1 aromatic heterocycles. The molecule has 1 aliphatic rings. The third kappa shape index (κ3) is 8.92. The highest BCUT2D eigenvalue weighted by Crippen LogP contribution is 2.40. The van der Waals surface area contributed by atoms with Gasteiger partial charge in [0.25, 0.3) is 0 Å². The Labute approximate surface area is 328 Å². The van der Waals surface area contributed by atoms with E-state index in [-0.39, 0.29) is 45.7 Å². The first-order valence-corrected chi connectivity index (χ1v) is 17.2. The zero-order chi connectivity index (χ0) is 41.7. The van der Waals surface area contributed by atoms with Crippen LogP contribution in [0.2, 0.25) is 0 Å². The van der Waals surface area contributed by atoms with E-state index in [1.807, 2.05) is 0 Å². The first-order valence-electron chi connectivity index (χ1n) is 17.2.